The molecular formula is C52H52N2O7S. The normalized spacial score (nSPS) is 11.3. The van der Waals surface area contributed by atoms with Crippen molar-refractivity contribution in [3.05, 3.63) is 211 Å². The van der Waals surface area contributed by atoms with Gasteiger partial charge in [0.15, 0.2) is 0 Å². The van der Waals surface area contributed by atoms with Crippen LogP contribution in [0.25, 0.3) is 0 Å². The van der Waals surface area contributed by atoms with E-state index in [4.69, 9.17) is 4.55 Å². The van der Waals surface area contributed by atoms with Gasteiger partial charge in [-0.25, -0.2) is 8.97 Å². The number of unbranched alkanes of at least 4 members (excludes halogenated alkanes) is 2. The van der Waals surface area contributed by atoms with Crippen LogP contribution in [0.5, 0.6) is 0 Å². The van der Waals surface area contributed by atoms with E-state index in [1.54, 1.807) is 0 Å². The predicted octanol–water partition coefficient (Wildman–Crippen LogP) is 10.6. The van der Waals surface area contributed by atoms with Gasteiger partial charge in [-0.1, -0.05) is 136 Å². The van der Waals surface area contributed by atoms with Gasteiger partial charge in [-0.15, -0.1) is 0 Å². The summed E-state index contributed by atoms with van der Waals surface area (Å²) in [6.07, 6.45) is 4.73. The van der Waals surface area contributed by atoms with Crippen molar-refractivity contribution in [2.24, 2.45) is 0 Å². The van der Waals surface area contributed by atoms with Gasteiger partial charge in [0.1, 0.15) is 34.1 Å². The molecule has 0 atom stereocenters. The van der Waals surface area contributed by atoms with Crippen LogP contribution in [0.1, 0.15) is 60.2 Å². The van der Waals surface area contributed by atoms with Crippen molar-refractivity contribution in [2.75, 3.05) is 13.1 Å². The zero-order valence-electron chi connectivity index (χ0n) is 35.0. The van der Waals surface area contributed by atoms with Gasteiger partial charge in [0.05, 0.1) is 29.9 Å². The molecule has 0 heterocycles. The fraction of sp³-hybridized carbons (Fsp3) is 0.154. The standard InChI is InChI=1S/2C22H24N.C8H6O7S/c2*1-2-3-19-23(20-13-7-4-8-14-20,21-15-9-5-10-16-21)22-17-11-6-12-18-22;9-7(10)4-1-5(8(11)12)3-6(2-4)16(13,14)15/h2*4-18H,2-3,19H2,1H3;1-3H,(H,9,10)(H,11,12)(H,13,14,15)/q2*+1;/p-2. The highest BCUT2D eigenvalue weighted by Gasteiger charge is 2.36. The molecule has 1 N–H and O–H groups in total. The second-order valence-electron chi connectivity index (χ2n) is 14.6. The van der Waals surface area contributed by atoms with Crippen molar-refractivity contribution in [1.29, 1.82) is 0 Å². The average molecular weight is 849 g/mol. The molecule has 9 nitrogen and oxygen atoms in total. The molecule has 0 radical (unpaired) electrons. The molecule has 0 amide bonds. The summed E-state index contributed by atoms with van der Waals surface area (Å²) in [6, 6.07) is 67.0. The lowest BCUT2D eigenvalue weighted by Gasteiger charge is -2.37. The monoisotopic (exact) mass is 848 g/mol. The van der Waals surface area contributed by atoms with Gasteiger partial charge in [-0.2, -0.15) is 8.42 Å². The van der Waals surface area contributed by atoms with Crippen LogP contribution in [0.15, 0.2) is 205 Å². The van der Waals surface area contributed by atoms with Crippen molar-refractivity contribution in [3.63, 3.8) is 0 Å². The minimum atomic E-state index is -4.70. The highest BCUT2D eigenvalue weighted by Crippen LogP contribution is 2.45. The van der Waals surface area contributed by atoms with Crippen LogP contribution in [0.2, 0.25) is 0 Å². The number of rotatable bonds is 15. The molecule has 318 valence electrons. The van der Waals surface area contributed by atoms with Crippen LogP contribution in [-0.4, -0.2) is 38.0 Å². The van der Waals surface area contributed by atoms with Crippen molar-refractivity contribution in [1.82, 2.24) is 8.97 Å². The molecule has 7 aromatic rings. The summed E-state index contributed by atoms with van der Waals surface area (Å²) in [5.74, 6) is -3.54. The number of carbonyl (C=O) groups is 2. The van der Waals surface area contributed by atoms with Crippen LogP contribution in [0, 0.1) is 0 Å². The maximum Gasteiger partial charge on any atom is 0.294 e. The molecule has 0 spiro atoms. The number of carboxylic acid groups (broad SMARTS) is 2. The maximum absolute atomic E-state index is 10.7. The van der Waals surface area contributed by atoms with Gasteiger partial charge in [0, 0.05) is 0 Å². The maximum atomic E-state index is 10.7. The predicted molar refractivity (Wildman–Crippen MR) is 245 cm³/mol. The first-order valence-electron chi connectivity index (χ1n) is 20.6. The van der Waals surface area contributed by atoms with Gasteiger partial charge < -0.3 is 19.8 Å². The van der Waals surface area contributed by atoms with Gasteiger partial charge in [0.25, 0.3) is 10.1 Å². The summed E-state index contributed by atoms with van der Waals surface area (Å²) in [4.78, 5) is 20.1. The summed E-state index contributed by atoms with van der Waals surface area (Å²) in [7, 11) is -4.70. The largest absolute Gasteiger partial charge is 0.545 e. The van der Waals surface area contributed by atoms with Crippen molar-refractivity contribution < 1.29 is 32.8 Å². The Morgan fingerprint density at radius 3 is 0.839 bits per heavy atom. The van der Waals surface area contributed by atoms with E-state index < -0.39 is 38.1 Å². The molecule has 0 aliphatic rings. The Kier molecular flexibility index (Phi) is 16.6. The van der Waals surface area contributed by atoms with E-state index >= 15 is 0 Å². The molecule has 10 heteroatoms. The fourth-order valence-electron chi connectivity index (χ4n) is 7.54. The second kappa shape index (κ2) is 22.2. The lowest BCUT2D eigenvalue weighted by molar-refractivity contribution is -0.255. The highest BCUT2D eigenvalue weighted by atomic mass is 32.2. The van der Waals surface area contributed by atoms with E-state index in [1.807, 2.05) is 0 Å². The molecule has 0 bridgehead atoms. The van der Waals surface area contributed by atoms with Gasteiger partial charge in [-0.3, -0.25) is 4.55 Å². The Balaban J connectivity index is 0.000000179. The van der Waals surface area contributed by atoms with Crippen LogP contribution >= 0.6 is 0 Å². The number of hydrogen-bond donors (Lipinski definition) is 1. The average Bonchev–Trinajstić information content (AvgIpc) is 3.31. The SMILES string of the molecule is CCCC[N+](c1ccccc1)(c1ccccc1)c1ccccc1.CCCC[N+](c1ccccc1)(c1ccccc1)c1ccccc1.O=C([O-])c1cc(C(=O)[O-])cc(S(=O)(=O)O)c1. The summed E-state index contributed by atoms with van der Waals surface area (Å²) in [6.45, 7) is 6.65. The van der Waals surface area contributed by atoms with Crippen molar-refractivity contribution in [3.8, 4) is 0 Å². The van der Waals surface area contributed by atoms with Crippen molar-refractivity contribution >= 4 is 56.2 Å². The molecule has 0 saturated heterocycles. The summed E-state index contributed by atoms with van der Waals surface area (Å²) in [5, 5.41) is 20.9. The molecule has 7 rings (SSSR count). The minimum Gasteiger partial charge on any atom is -0.545 e. The van der Waals surface area contributed by atoms with Gasteiger partial charge >= 0.3 is 0 Å². The third-order valence-corrected chi connectivity index (χ3v) is 11.4. The molecule has 0 aromatic heterocycles. The third-order valence-electron chi connectivity index (χ3n) is 10.6. The zero-order chi connectivity index (χ0) is 44.4. The Labute approximate surface area is 365 Å². The first-order valence-corrected chi connectivity index (χ1v) is 22.1. The van der Waals surface area contributed by atoms with E-state index in [0.29, 0.717) is 18.2 Å². The molecule has 7 aromatic carbocycles. The molecule has 0 unspecified atom stereocenters. The topological polar surface area (TPSA) is 135 Å². The number of nitrogens with zero attached hydrogens (tertiary/aromatic N) is 2. The van der Waals surface area contributed by atoms with E-state index in [0.717, 1.165) is 22.1 Å². The number of carbonyl (C=O) groups excluding carboxylic acids is 2. The van der Waals surface area contributed by atoms with Gasteiger partial charge in [-0.05, 0) is 115 Å². The Hall–Kier alpha value is -6.69. The second-order valence-corrected chi connectivity index (χ2v) is 16.0. The van der Waals surface area contributed by atoms with E-state index in [2.05, 4.69) is 196 Å². The van der Waals surface area contributed by atoms with Crippen molar-refractivity contribution in [2.45, 2.75) is 44.4 Å². The molecule has 0 aliphatic carbocycles. The lowest BCUT2D eigenvalue weighted by Crippen LogP contribution is -2.39. The molecule has 0 saturated carbocycles. The summed E-state index contributed by atoms with van der Waals surface area (Å²) >= 11 is 0. The third kappa shape index (κ3) is 11.4. The Morgan fingerprint density at radius 1 is 0.435 bits per heavy atom. The fourth-order valence-corrected chi connectivity index (χ4v) is 8.09. The molecule has 0 aliphatic heterocycles. The van der Waals surface area contributed by atoms with E-state index in [-0.39, 0.29) is 0 Å². The van der Waals surface area contributed by atoms with Crippen LogP contribution < -0.4 is 19.2 Å². The molecule has 0 fully saturated rings. The van der Waals surface area contributed by atoms with Crippen LogP contribution in [0.4, 0.5) is 34.1 Å². The number of carboxylic acids is 2. The molecule has 62 heavy (non-hydrogen) atoms. The number of quaternary nitrogens is 2. The van der Waals surface area contributed by atoms with E-state index in [1.165, 1.54) is 59.8 Å². The first kappa shape index (κ1) is 46.4. The van der Waals surface area contributed by atoms with E-state index in [9.17, 15) is 28.2 Å². The Morgan fingerprint density at radius 2 is 0.661 bits per heavy atom. The lowest BCUT2D eigenvalue weighted by atomic mass is 10.1. The minimum absolute atomic E-state index is 0.580. The zero-order valence-corrected chi connectivity index (χ0v) is 35.8. The number of hydrogen-bond acceptors (Lipinski definition) is 6. The number of benzene rings is 7. The number of aromatic carboxylic acids is 2. The first-order chi connectivity index (χ1) is 30.0. The number of para-hydroxylation sites is 6. The quantitative estimate of drug-likeness (QED) is 0.0802. The van der Waals surface area contributed by atoms with Gasteiger partial charge in [0.2, 0.25) is 0 Å². The van der Waals surface area contributed by atoms with Crippen LogP contribution in [0.3, 0.4) is 0 Å². The molecular weight excluding hydrogens is 797 g/mol. The summed E-state index contributed by atoms with van der Waals surface area (Å²) < 4.78 is 31.6. The Bertz CT molecular complexity index is 2200. The highest BCUT2D eigenvalue weighted by molar-refractivity contribution is 7.85. The van der Waals surface area contributed by atoms with Crippen LogP contribution in [-0.2, 0) is 10.1 Å². The smallest absolute Gasteiger partial charge is 0.294 e. The summed E-state index contributed by atoms with van der Waals surface area (Å²) in [5.41, 5.74) is 6.54.